The molecule has 0 saturated carbocycles. The molecule has 2 heteroatoms. The predicted octanol–water partition coefficient (Wildman–Crippen LogP) is 6.60. The van der Waals surface area contributed by atoms with E-state index in [2.05, 4.69) is 73.8 Å². The van der Waals surface area contributed by atoms with Gasteiger partial charge in [0.05, 0.1) is 5.60 Å². The number of allylic oxidation sites excluding steroid dienone is 5. The lowest BCUT2D eigenvalue weighted by Gasteiger charge is -2.48. The van der Waals surface area contributed by atoms with Gasteiger partial charge in [-0.15, -0.1) is 0 Å². The molecule has 2 unspecified atom stereocenters. The Morgan fingerprint density at radius 2 is 1.50 bits per heavy atom. The minimum Gasteiger partial charge on any atom is -0.386 e. The second kappa shape index (κ2) is 9.89. The predicted molar refractivity (Wildman–Crippen MR) is 126 cm³/mol. The molecule has 0 aliphatic heterocycles. The first-order valence-electron chi connectivity index (χ1n) is 10.3. The summed E-state index contributed by atoms with van der Waals surface area (Å²) in [6.07, 6.45) is 14.8. The highest BCUT2D eigenvalue weighted by Crippen LogP contribution is 2.50. The lowest BCUT2D eigenvalue weighted by molar-refractivity contribution is 0.0401. The molecule has 0 bridgehead atoms. The van der Waals surface area contributed by atoms with Crippen LogP contribution in [0.15, 0.2) is 61.3 Å². The number of rotatable bonds is 11. The third-order valence-corrected chi connectivity index (χ3v) is 6.62. The van der Waals surface area contributed by atoms with E-state index in [-0.39, 0.29) is 22.3 Å². The summed E-state index contributed by atoms with van der Waals surface area (Å²) in [7, 11) is 0. The zero-order valence-corrected chi connectivity index (χ0v) is 19.8. The zero-order chi connectivity index (χ0) is 22.4. The van der Waals surface area contributed by atoms with Gasteiger partial charge in [0.2, 0.25) is 0 Å². The van der Waals surface area contributed by atoms with Crippen molar-refractivity contribution in [2.75, 3.05) is 0 Å². The fourth-order valence-corrected chi connectivity index (χ4v) is 3.30. The third kappa shape index (κ3) is 7.56. The van der Waals surface area contributed by atoms with Crippen LogP contribution in [0.3, 0.4) is 0 Å². The van der Waals surface area contributed by atoms with Gasteiger partial charge < -0.3 is 10.8 Å². The van der Waals surface area contributed by atoms with Crippen molar-refractivity contribution in [1.82, 2.24) is 0 Å². The van der Waals surface area contributed by atoms with Crippen LogP contribution in [0.2, 0.25) is 0 Å². The van der Waals surface area contributed by atoms with E-state index in [4.69, 9.17) is 5.73 Å². The van der Waals surface area contributed by atoms with Crippen LogP contribution in [0.1, 0.15) is 68.7 Å². The molecule has 0 fully saturated rings. The summed E-state index contributed by atoms with van der Waals surface area (Å²) in [4.78, 5) is 0. The second-order valence-electron chi connectivity index (χ2n) is 10.4. The standard InChI is InChI=1S/C26H45NO/c1-12-14-16-20(3)24(6,7)23(4,5)19-22(25(8,9)27)18-17-21(15-13-2)26(10,11)28/h12-18,20,22,28H,1-2,19,27H2,3-11H3/b16-14+,18-17+,21-15+. The number of nitrogens with two attached hydrogens (primary N) is 1. The van der Waals surface area contributed by atoms with Gasteiger partial charge in [0.15, 0.2) is 0 Å². The molecule has 160 valence electrons. The first-order valence-corrected chi connectivity index (χ1v) is 10.3. The van der Waals surface area contributed by atoms with Crippen LogP contribution in [0.4, 0.5) is 0 Å². The van der Waals surface area contributed by atoms with E-state index in [9.17, 15) is 5.11 Å². The van der Waals surface area contributed by atoms with Crippen molar-refractivity contribution >= 4 is 0 Å². The Morgan fingerprint density at radius 3 is 1.89 bits per heavy atom. The highest BCUT2D eigenvalue weighted by atomic mass is 16.3. The molecule has 0 rings (SSSR count). The molecule has 0 aromatic heterocycles. The normalized spacial score (nSPS) is 17.2. The van der Waals surface area contributed by atoms with Gasteiger partial charge in [-0.2, -0.15) is 0 Å². The van der Waals surface area contributed by atoms with E-state index in [0.717, 1.165) is 12.0 Å². The maximum absolute atomic E-state index is 10.4. The Labute approximate surface area is 175 Å². The smallest absolute Gasteiger partial charge is 0.0840 e. The van der Waals surface area contributed by atoms with Crippen LogP contribution >= 0.6 is 0 Å². The number of hydrogen-bond donors (Lipinski definition) is 2. The summed E-state index contributed by atoms with van der Waals surface area (Å²) in [5, 5.41) is 10.4. The van der Waals surface area contributed by atoms with Gasteiger partial charge in [-0.25, -0.2) is 0 Å². The summed E-state index contributed by atoms with van der Waals surface area (Å²) in [6, 6.07) is 0. The third-order valence-electron chi connectivity index (χ3n) is 6.62. The largest absolute Gasteiger partial charge is 0.386 e. The molecule has 0 amide bonds. The topological polar surface area (TPSA) is 46.2 Å². The van der Waals surface area contributed by atoms with Crippen LogP contribution in [0.25, 0.3) is 0 Å². The van der Waals surface area contributed by atoms with Crippen molar-refractivity contribution in [2.45, 2.75) is 79.9 Å². The van der Waals surface area contributed by atoms with Crippen LogP contribution in [0.5, 0.6) is 0 Å². The molecule has 0 radical (unpaired) electrons. The molecule has 2 atom stereocenters. The summed E-state index contributed by atoms with van der Waals surface area (Å²) >= 11 is 0. The molecule has 0 aromatic rings. The highest BCUT2D eigenvalue weighted by Gasteiger charge is 2.42. The van der Waals surface area contributed by atoms with E-state index in [0.29, 0.717) is 5.92 Å². The van der Waals surface area contributed by atoms with Crippen LogP contribution in [0, 0.1) is 22.7 Å². The van der Waals surface area contributed by atoms with Gasteiger partial charge in [-0.05, 0) is 62.4 Å². The highest BCUT2D eigenvalue weighted by molar-refractivity contribution is 5.31. The Hall–Kier alpha value is -1.38. The summed E-state index contributed by atoms with van der Waals surface area (Å²) in [5.41, 5.74) is 6.22. The molecule has 0 aliphatic rings. The van der Waals surface area contributed by atoms with Crippen LogP contribution < -0.4 is 5.73 Å². The molecular formula is C26H45NO. The van der Waals surface area contributed by atoms with Gasteiger partial charge in [0.25, 0.3) is 0 Å². The fourth-order valence-electron chi connectivity index (χ4n) is 3.30. The van der Waals surface area contributed by atoms with Gasteiger partial charge >= 0.3 is 0 Å². The van der Waals surface area contributed by atoms with Crippen LogP contribution in [-0.2, 0) is 0 Å². The van der Waals surface area contributed by atoms with E-state index in [1.165, 1.54) is 0 Å². The Morgan fingerprint density at radius 1 is 0.964 bits per heavy atom. The van der Waals surface area contributed by atoms with E-state index >= 15 is 0 Å². The average molecular weight is 388 g/mol. The zero-order valence-electron chi connectivity index (χ0n) is 19.8. The number of hydrogen-bond acceptors (Lipinski definition) is 2. The van der Waals surface area contributed by atoms with Crippen molar-refractivity contribution in [2.24, 2.45) is 28.4 Å². The molecule has 0 aliphatic carbocycles. The Kier molecular flexibility index (Phi) is 9.41. The van der Waals surface area contributed by atoms with E-state index in [1.54, 1.807) is 19.9 Å². The van der Waals surface area contributed by atoms with Crippen molar-refractivity contribution in [3.63, 3.8) is 0 Å². The van der Waals surface area contributed by atoms with E-state index < -0.39 is 5.60 Å². The molecule has 0 aromatic carbocycles. The maximum atomic E-state index is 10.4. The molecule has 0 heterocycles. The van der Waals surface area contributed by atoms with Gasteiger partial charge in [0, 0.05) is 5.54 Å². The number of aliphatic hydroxyl groups is 1. The summed E-state index contributed by atoms with van der Waals surface area (Å²) < 4.78 is 0. The van der Waals surface area contributed by atoms with Gasteiger partial charge in [-0.3, -0.25) is 0 Å². The van der Waals surface area contributed by atoms with Crippen molar-refractivity contribution < 1.29 is 5.11 Å². The summed E-state index contributed by atoms with van der Waals surface area (Å²) in [5.74, 6) is 0.562. The molecule has 0 saturated heterocycles. The first kappa shape index (κ1) is 26.6. The van der Waals surface area contributed by atoms with Gasteiger partial charge in [0.1, 0.15) is 0 Å². The Balaban J connectivity index is 5.87. The lowest BCUT2D eigenvalue weighted by atomic mass is 9.57. The Bertz CT molecular complexity index is 603. The van der Waals surface area contributed by atoms with Crippen molar-refractivity contribution in [3.8, 4) is 0 Å². The molecular weight excluding hydrogens is 342 g/mol. The van der Waals surface area contributed by atoms with Crippen molar-refractivity contribution in [3.05, 3.63) is 61.3 Å². The first-order chi connectivity index (χ1) is 12.5. The lowest BCUT2D eigenvalue weighted by Crippen LogP contribution is -2.46. The SMILES string of the molecule is C=C/C=C/C(C)C(C)(C)C(C)(C)CC(/C=C/C(=C\C=C)C(C)(C)O)C(C)(C)N. The minimum atomic E-state index is -0.924. The van der Waals surface area contributed by atoms with E-state index in [1.807, 2.05) is 24.3 Å². The fraction of sp³-hybridized carbons (Fsp3) is 0.615. The molecule has 0 spiro atoms. The quantitative estimate of drug-likeness (QED) is 0.392. The molecule has 3 N–H and O–H groups in total. The minimum absolute atomic E-state index is 0.0423. The molecule has 28 heavy (non-hydrogen) atoms. The van der Waals surface area contributed by atoms with Gasteiger partial charge in [-0.1, -0.05) is 90.3 Å². The maximum Gasteiger partial charge on any atom is 0.0840 e. The monoisotopic (exact) mass is 387 g/mol. The summed E-state index contributed by atoms with van der Waals surface area (Å²) in [6.45, 7) is 26.9. The van der Waals surface area contributed by atoms with Crippen molar-refractivity contribution in [1.29, 1.82) is 0 Å². The average Bonchev–Trinajstić information content (AvgIpc) is 2.52. The second-order valence-corrected chi connectivity index (χ2v) is 10.4. The molecule has 2 nitrogen and oxygen atoms in total. The van der Waals surface area contributed by atoms with Crippen LogP contribution in [-0.4, -0.2) is 16.2 Å².